The van der Waals surface area contributed by atoms with E-state index in [0.717, 1.165) is 0 Å². The Hall–Kier alpha value is -0.550. The third-order valence-electron chi connectivity index (χ3n) is 1.32. The molecule has 1 rings (SSSR count). The SMILES string of the molecule is CCOC(=O)c1nc(Br)[nH]c1C.Cl. The lowest BCUT2D eigenvalue weighted by Gasteiger charge is -1.97. The van der Waals surface area contributed by atoms with Crippen molar-refractivity contribution in [2.24, 2.45) is 0 Å². The molecule has 1 aromatic heterocycles. The molecule has 74 valence electrons. The third-order valence-corrected chi connectivity index (χ3v) is 1.70. The fourth-order valence-electron chi connectivity index (χ4n) is 0.822. The van der Waals surface area contributed by atoms with Crippen LogP contribution in [0.1, 0.15) is 23.1 Å². The number of halogens is 2. The van der Waals surface area contributed by atoms with Gasteiger partial charge in [0.05, 0.1) is 6.61 Å². The van der Waals surface area contributed by atoms with Crippen LogP contribution in [0.3, 0.4) is 0 Å². The second kappa shape index (κ2) is 5.24. The van der Waals surface area contributed by atoms with Crippen LogP contribution in [0.4, 0.5) is 0 Å². The number of hydrogen-bond acceptors (Lipinski definition) is 3. The van der Waals surface area contributed by atoms with E-state index < -0.39 is 5.97 Å². The van der Waals surface area contributed by atoms with E-state index in [4.69, 9.17) is 4.74 Å². The number of esters is 1. The summed E-state index contributed by atoms with van der Waals surface area (Å²) in [4.78, 5) is 17.9. The van der Waals surface area contributed by atoms with Crippen LogP contribution >= 0.6 is 28.3 Å². The molecule has 0 bridgehead atoms. The number of rotatable bonds is 2. The van der Waals surface area contributed by atoms with Crippen molar-refractivity contribution in [1.82, 2.24) is 9.97 Å². The van der Waals surface area contributed by atoms with Crippen LogP contribution in [0.15, 0.2) is 4.73 Å². The summed E-state index contributed by atoms with van der Waals surface area (Å²) in [7, 11) is 0. The van der Waals surface area contributed by atoms with Crippen LogP contribution in [-0.4, -0.2) is 22.5 Å². The molecule has 0 fully saturated rings. The summed E-state index contributed by atoms with van der Waals surface area (Å²) in [5.74, 6) is -0.392. The predicted octanol–water partition coefficient (Wildman–Crippen LogP) is 2.08. The van der Waals surface area contributed by atoms with Gasteiger partial charge in [-0.15, -0.1) is 12.4 Å². The van der Waals surface area contributed by atoms with Crippen molar-refractivity contribution in [2.45, 2.75) is 13.8 Å². The number of imidazole rings is 1. The smallest absolute Gasteiger partial charge is 0.358 e. The lowest BCUT2D eigenvalue weighted by atomic mass is 10.3. The maximum Gasteiger partial charge on any atom is 0.358 e. The van der Waals surface area contributed by atoms with Gasteiger partial charge in [-0.2, -0.15) is 0 Å². The molecule has 0 unspecified atom stereocenters. The molecule has 1 heterocycles. The highest BCUT2D eigenvalue weighted by molar-refractivity contribution is 9.10. The second-order valence-electron chi connectivity index (χ2n) is 2.22. The highest BCUT2D eigenvalue weighted by Gasteiger charge is 2.14. The number of aryl methyl sites for hydroxylation is 1. The van der Waals surface area contributed by atoms with Gasteiger partial charge in [0.15, 0.2) is 10.4 Å². The molecule has 0 spiro atoms. The topological polar surface area (TPSA) is 55.0 Å². The molecule has 0 atom stereocenters. The Kier molecular flexibility index (Phi) is 5.02. The molecule has 0 aliphatic rings. The molecule has 1 aromatic rings. The Labute approximate surface area is 90.6 Å². The minimum Gasteiger partial charge on any atom is -0.461 e. The highest BCUT2D eigenvalue weighted by Crippen LogP contribution is 2.10. The first-order valence-electron chi connectivity index (χ1n) is 3.54. The largest absolute Gasteiger partial charge is 0.461 e. The minimum absolute atomic E-state index is 0. The zero-order chi connectivity index (χ0) is 9.14. The van der Waals surface area contributed by atoms with Gasteiger partial charge in [0, 0.05) is 5.69 Å². The van der Waals surface area contributed by atoms with Crippen LogP contribution in [0.25, 0.3) is 0 Å². The molecule has 1 N–H and O–H groups in total. The van der Waals surface area contributed by atoms with Gasteiger partial charge in [0.2, 0.25) is 0 Å². The van der Waals surface area contributed by atoms with Crippen LogP contribution in [0, 0.1) is 6.92 Å². The van der Waals surface area contributed by atoms with E-state index in [1.54, 1.807) is 13.8 Å². The monoisotopic (exact) mass is 268 g/mol. The van der Waals surface area contributed by atoms with Crippen molar-refractivity contribution in [2.75, 3.05) is 6.61 Å². The molecule has 13 heavy (non-hydrogen) atoms. The van der Waals surface area contributed by atoms with Gasteiger partial charge in [0.1, 0.15) is 0 Å². The number of aromatic nitrogens is 2. The Morgan fingerprint density at radius 2 is 2.31 bits per heavy atom. The summed E-state index contributed by atoms with van der Waals surface area (Å²) in [5, 5.41) is 0. The molecule has 4 nitrogen and oxygen atoms in total. The number of H-pyrrole nitrogens is 1. The lowest BCUT2D eigenvalue weighted by molar-refractivity contribution is 0.0519. The summed E-state index contributed by atoms with van der Waals surface area (Å²) in [6.45, 7) is 3.89. The second-order valence-corrected chi connectivity index (χ2v) is 2.97. The van der Waals surface area contributed by atoms with E-state index in [9.17, 15) is 4.79 Å². The van der Waals surface area contributed by atoms with Crippen LogP contribution in [-0.2, 0) is 4.74 Å². The Morgan fingerprint density at radius 3 is 2.69 bits per heavy atom. The number of hydrogen-bond donors (Lipinski definition) is 1. The Bertz CT molecular complexity index is 301. The molecular formula is C7H10BrClN2O2. The zero-order valence-corrected chi connectivity index (χ0v) is 9.66. The van der Waals surface area contributed by atoms with E-state index in [1.807, 2.05) is 0 Å². The van der Waals surface area contributed by atoms with Gasteiger partial charge >= 0.3 is 5.97 Å². The third kappa shape index (κ3) is 3.00. The molecule has 0 aromatic carbocycles. The first-order chi connectivity index (χ1) is 5.65. The number of carbonyl (C=O) groups is 1. The molecule has 0 aliphatic heterocycles. The predicted molar refractivity (Wildman–Crippen MR) is 54.2 cm³/mol. The maximum atomic E-state index is 11.2. The zero-order valence-electron chi connectivity index (χ0n) is 7.26. The molecular weight excluding hydrogens is 259 g/mol. The van der Waals surface area contributed by atoms with Crippen LogP contribution < -0.4 is 0 Å². The summed E-state index contributed by atoms with van der Waals surface area (Å²) < 4.78 is 5.32. The van der Waals surface area contributed by atoms with E-state index >= 15 is 0 Å². The minimum atomic E-state index is -0.392. The molecule has 6 heteroatoms. The first-order valence-corrected chi connectivity index (χ1v) is 4.33. The van der Waals surface area contributed by atoms with E-state index in [1.165, 1.54) is 0 Å². The van der Waals surface area contributed by atoms with Crippen molar-refractivity contribution in [1.29, 1.82) is 0 Å². The summed E-state index contributed by atoms with van der Waals surface area (Å²) in [6, 6.07) is 0. The van der Waals surface area contributed by atoms with Crippen molar-refractivity contribution in [3.8, 4) is 0 Å². The van der Waals surface area contributed by atoms with Gasteiger partial charge in [0.25, 0.3) is 0 Å². The Morgan fingerprint density at radius 1 is 1.69 bits per heavy atom. The van der Waals surface area contributed by atoms with Crippen LogP contribution in [0.2, 0.25) is 0 Å². The van der Waals surface area contributed by atoms with Crippen molar-refractivity contribution < 1.29 is 9.53 Å². The average Bonchev–Trinajstić information content (AvgIpc) is 2.30. The fraction of sp³-hybridized carbons (Fsp3) is 0.429. The molecule has 0 aliphatic carbocycles. The van der Waals surface area contributed by atoms with E-state index in [0.29, 0.717) is 22.7 Å². The number of carbonyl (C=O) groups excluding carboxylic acids is 1. The summed E-state index contributed by atoms with van der Waals surface area (Å²) in [5.41, 5.74) is 1.05. The first kappa shape index (κ1) is 12.4. The van der Waals surface area contributed by atoms with E-state index in [2.05, 4.69) is 25.9 Å². The van der Waals surface area contributed by atoms with Crippen molar-refractivity contribution in [3.05, 3.63) is 16.1 Å². The average molecular weight is 270 g/mol. The molecule has 0 radical (unpaired) electrons. The van der Waals surface area contributed by atoms with Gasteiger partial charge in [-0.1, -0.05) is 0 Å². The molecule has 0 saturated carbocycles. The number of ether oxygens (including phenoxy) is 1. The fourth-order valence-corrected chi connectivity index (χ4v) is 1.30. The normalized spacial score (nSPS) is 9.15. The van der Waals surface area contributed by atoms with Gasteiger partial charge in [-0.3, -0.25) is 0 Å². The van der Waals surface area contributed by atoms with Crippen molar-refractivity contribution >= 4 is 34.3 Å². The summed E-state index contributed by atoms with van der Waals surface area (Å²) in [6.07, 6.45) is 0. The lowest BCUT2D eigenvalue weighted by Crippen LogP contribution is -2.06. The number of nitrogens with one attached hydrogen (secondary N) is 1. The molecule has 0 amide bonds. The van der Waals surface area contributed by atoms with E-state index in [-0.39, 0.29) is 12.4 Å². The highest BCUT2D eigenvalue weighted by atomic mass is 79.9. The maximum absolute atomic E-state index is 11.2. The van der Waals surface area contributed by atoms with Gasteiger partial charge in [-0.05, 0) is 29.8 Å². The van der Waals surface area contributed by atoms with Gasteiger partial charge in [-0.25, -0.2) is 9.78 Å². The summed E-state index contributed by atoms with van der Waals surface area (Å²) >= 11 is 3.13. The van der Waals surface area contributed by atoms with Gasteiger partial charge < -0.3 is 9.72 Å². The molecule has 0 saturated heterocycles. The van der Waals surface area contributed by atoms with Crippen LogP contribution in [0.5, 0.6) is 0 Å². The number of nitrogens with zero attached hydrogens (tertiary/aromatic N) is 1. The van der Waals surface area contributed by atoms with Crippen molar-refractivity contribution in [3.63, 3.8) is 0 Å². The quantitative estimate of drug-likeness (QED) is 0.836. The number of aromatic amines is 1. The standard InChI is InChI=1S/C7H9BrN2O2.ClH/c1-3-12-6(11)5-4(2)9-7(8)10-5;/h3H2,1-2H3,(H,9,10);1H. The Balaban J connectivity index is 0.00000144.